The largest absolute Gasteiger partial charge is 0.322 e. The molecule has 0 spiro atoms. The van der Waals surface area contributed by atoms with Crippen LogP contribution in [-0.4, -0.2) is 21.2 Å². The molecule has 9 heteroatoms. The fraction of sp³-hybridized carbons (Fsp3) is 0.0556. The molecular weight excluding hydrogens is 386 g/mol. The number of nitro groups is 1. The minimum atomic E-state index is -0.617. The quantitative estimate of drug-likeness (QED) is 0.171. The zero-order valence-electron chi connectivity index (χ0n) is 14.0. The highest BCUT2D eigenvalue weighted by Gasteiger charge is 2.17. The average molecular weight is 399 g/mol. The van der Waals surface area contributed by atoms with Gasteiger partial charge in [-0.3, -0.25) is 24.3 Å². The number of nitro benzene ring substituents is 1. The van der Waals surface area contributed by atoms with Crippen LogP contribution in [0.4, 0.5) is 11.4 Å². The first-order valence-corrected chi connectivity index (χ1v) is 8.98. The molecule has 0 bridgehead atoms. The molecule has 0 fully saturated rings. The zero-order chi connectivity index (χ0) is 19.6. The summed E-state index contributed by atoms with van der Waals surface area (Å²) in [6, 6.07) is 12.8. The normalized spacial score (nSPS) is 11.4. The first-order valence-electron chi connectivity index (χ1n) is 7.75. The maximum Gasteiger partial charge on any atom is 0.269 e. The van der Waals surface area contributed by atoms with Crippen LogP contribution in [-0.2, 0) is 9.59 Å². The molecular formula is C18H13N3O4S2. The lowest BCUT2D eigenvalue weighted by Crippen LogP contribution is -2.19. The number of amides is 1. The van der Waals surface area contributed by atoms with E-state index in [0.717, 1.165) is 10.2 Å². The molecule has 1 amide bonds. The van der Waals surface area contributed by atoms with E-state index in [0.29, 0.717) is 9.64 Å². The highest BCUT2D eigenvalue weighted by molar-refractivity contribution is 7.73. The van der Waals surface area contributed by atoms with Crippen LogP contribution in [0.3, 0.4) is 0 Å². The van der Waals surface area contributed by atoms with Gasteiger partial charge in [0.05, 0.1) is 20.7 Å². The van der Waals surface area contributed by atoms with Crippen molar-refractivity contribution in [3.63, 3.8) is 0 Å². The second-order valence-electron chi connectivity index (χ2n) is 5.56. The van der Waals surface area contributed by atoms with E-state index in [2.05, 4.69) is 5.32 Å². The van der Waals surface area contributed by atoms with Crippen LogP contribution in [0.5, 0.6) is 0 Å². The van der Waals surface area contributed by atoms with Crippen molar-refractivity contribution < 1.29 is 14.5 Å². The Balaban J connectivity index is 1.95. The van der Waals surface area contributed by atoms with Gasteiger partial charge in [-0.05, 0) is 43.4 Å². The first-order chi connectivity index (χ1) is 12.9. The summed E-state index contributed by atoms with van der Waals surface area (Å²) in [7, 11) is 0. The second kappa shape index (κ2) is 7.60. The molecule has 0 aliphatic carbocycles. The van der Waals surface area contributed by atoms with Gasteiger partial charge in [-0.2, -0.15) is 0 Å². The first kappa shape index (κ1) is 18.6. The molecule has 1 aromatic heterocycles. The minimum absolute atomic E-state index is 0.0759. The summed E-state index contributed by atoms with van der Waals surface area (Å²) in [6.45, 7) is 1.29. The van der Waals surface area contributed by atoms with Gasteiger partial charge in [0.2, 0.25) is 0 Å². The van der Waals surface area contributed by atoms with E-state index in [-0.39, 0.29) is 11.3 Å². The lowest BCUT2D eigenvalue weighted by Gasteiger charge is -2.07. The van der Waals surface area contributed by atoms with Crippen molar-refractivity contribution in [2.75, 3.05) is 5.32 Å². The fourth-order valence-corrected chi connectivity index (χ4v) is 3.69. The monoisotopic (exact) mass is 399 g/mol. The number of nitrogens with one attached hydrogen (secondary N) is 1. The molecule has 0 aliphatic rings. The molecule has 7 nitrogen and oxygen atoms in total. The number of aromatic nitrogens is 1. The number of non-ortho nitro benzene ring substituents is 1. The molecule has 27 heavy (non-hydrogen) atoms. The van der Waals surface area contributed by atoms with Crippen molar-refractivity contribution in [2.24, 2.45) is 0 Å². The Labute approximate surface area is 162 Å². The molecule has 3 rings (SSSR count). The minimum Gasteiger partial charge on any atom is -0.322 e. The van der Waals surface area contributed by atoms with Gasteiger partial charge in [-0.25, -0.2) is 0 Å². The summed E-state index contributed by atoms with van der Waals surface area (Å²) >= 11 is 6.72. The van der Waals surface area contributed by atoms with Crippen molar-refractivity contribution in [2.45, 2.75) is 6.92 Å². The number of Topliss-reactive ketones (excluding diaryl/α,β-unsaturated/α-hetero) is 1. The fourth-order valence-electron chi connectivity index (χ4n) is 2.41. The Bertz CT molecular complexity index is 1140. The van der Waals surface area contributed by atoms with Crippen molar-refractivity contribution >= 4 is 63.0 Å². The summed E-state index contributed by atoms with van der Waals surface area (Å²) in [5.41, 5.74) is 0.977. The van der Waals surface area contributed by atoms with E-state index in [9.17, 15) is 19.7 Å². The highest BCUT2D eigenvalue weighted by atomic mass is 32.1. The molecule has 0 saturated heterocycles. The summed E-state index contributed by atoms with van der Waals surface area (Å²) in [6.07, 6.45) is 1.42. The summed E-state index contributed by atoms with van der Waals surface area (Å²) in [4.78, 5) is 34.8. The number of thiazole rings is 1. The SMILES string of the molecule is CC(=O)C(=Cn1c(=S)sc2ccccc21)C(=O)Nc1ccc([N+](=O)[O-])cc1. The number of nitrogens with zero attached hydrogens (tertiary/aromatic N) is 2. The molecule has 0 radical (unpaired) electrons. The Morgan fingerprint density at radius 3 is 2.48 bits per heavy atom. The number of hydrogen-bond donors (Lipinski definition) is 1. The Morgan fingerprint density at radius 2 is 1.85 bits per heavy atom. The van der Waals surface area contributed by atoms with Crippen LogP contribution in [0.1, 0.15) is 6.92 Å². The number of carbonyl (C=O) groups is 2. The van der Waals surface area contributed by atoms with Crippen LogP contribution >= 0.6 is 23.6 Å². The van der Waals surface area contributed by atoms with Gasteiger partial charge >= 0.3 is 0 Å². The molecule has 0 unspecified atom stereocenters. The van der Waals surface area contributed by atoms with E-state index in [1.54, 1.807) is 4.57 Å². The number of carbonyl (C=O) groups excluding carboxylic acids is 2. The predicted molar refractivity (Wildman–Crippen MR) is 107 cm³/mol. The summed E-state index contributed by atoms with van der Waals surface area (Å²) < 4.78 is 3.08. The number of ketones is 1. The van der Waals surface area contributed by atoms with Crippen molar-refractivity contribution in [1.82, 2.24) is 4.57 Å². The van der Waals surface area contributed by atoms with Crippen molar-refractivity contribution in [1.29, 1.82) is 0 Å². The summed E-state index contributed by atoms with van der Waals surface area (Å²) in [5, 5.41) is 13.3. The standard InChI is InChI=1S/C18H13N3O4S2/c1-11(22)14(10-20-15-4-2-3-5-16(15)27-18(20)26)17(23)19-12-6-8-13(9-7-12)21(24)25/h2-10H,1H3,(H,19,23). The van der Waals surface area contributed by atoms with Gasteiger partial charge in [-0.1, -0.05) is 12.1 Å². The van der Waals surface area contributed by atoms with Crippen LogP contribution in [0.2, 0.25) is 0 Å². The lowest BCUT2D eigenvalue weighted by atomic mass is 10.1. The number of fused-ring (bicyclic) bond motifs is 1. The van der Waals surface area contributed by atoms with Crippen molar-refractivity contribution in [3.8, 4) is 0 Å². The van der Waals surface area contributed by atoms with Gasteiger partial charge in [0, 0.05) is 24.0 Å². The number of hydrogen-bond acceptors (Lipinski definition) is 6. The molecule has 1 N–H and O–H groups in total. The Kier molecular flexibility index (Phi) is 5.24. The van der Waals surface area contributed by atoms with Gasteiger partial charge in [0.1, 0.15) is 0 Å². The molecule has 3 aromatic rings. The van der Waals surface area contributed by atoms with Gasteiger partial charge < -0.3 is 5.32 Å². The van der Waals surface area contributed by atoms with Crippen LogP contribution in [0.25, 0.3) is 16.4 Å². The van der Waals surface area contributed by atoms with Gasteiger partial charge in [0.25, 0.3) is 11.6 Å². The molecule has 0 saturated carbocycles. The molecule has 136 valence electrons. The van der Waals surface area contributed by atoms with Crippen molar-refractivity contribution in [3.05, 3.63) is 68.2 Å². The Morgan fingerprint density at radius 1 is 1.19 bits per heavy atom. The second-order valence-corrected chi connectivity index (χ2v) is 7.24. The molecule has 0 aliphatic heterocycles. The van der Waals surface area contributed by atoms with Gasteiger partial charge in [-0.15, -0.1) is 11.3 Å². The third-order valence-electron chi connectivity index (χ3n) is 3.74. The number of para-hydroxylation sites is 1. The maximum absolute atomic E-state index is 12.6. The number of rotatable bonds is 5. The molecule has 0 atom stereocenters. The average Bonchev–Trinajstić information content (AvgIpc) is 2.94. The van der Waals surface area contributed by atoms with E-state index < -0.39 is 16.6 Å². The third-order valence-corrected chi connectivity index (χ3v) is 5.12. The van der Waals surface area contributed by atoms with Crippen LogP contribution in [0.15, 0.2) is 54.1 Å². The highest BCUT2D eigenvalue weighted by Crippen LogP contribution is 2.24. The topological polar surface area (TPSA) is 94.2 Å². The van der Waals surface area contributed by atoms with Gasteiger partial charge in [0.15, 0.2) is 9.74 Å². The van der Waals surface area contributed by atoms with E-state index >= 15 is 0 Å². The maximum atomic E-state index is 12.6. The summed E-state index contributed by atoms with van der Waals surface area (Å²) in [5.74, 6) is -1.04. The van der Waals surface area contributed by atoms with E-state index in [1.807, 2.05) is 24.3 Å². The molecule has 1 heterocycles. The Hall–Kier alpha value is -3.17. The van der Waals surface area contributed by atoms with Crippen LogP contribution in [0, 0.1) is 14.1 Å². The third kappa shape index (κ3) is 3.99. The smallest absolute Gasteiger partial charge is 0.269 e. The van der Waals surface area contributed by atoms with Crippen LogP contribution < -0.4 is 5.32 Å². The van der Waals surface area contributed by atoms with E-state index in [1.165, 1.54) is 48.7 Å². The lowest BCUT2D eigenvalue weighted by molar-refractivity contribution is -0.384. The van der Waals surface area contributed by atoms with E-state index in [4.69, 9.17) is 12.2 Å². The number of anilines is 1. The predicted octanol–water partition coefficient (Wildman–Crippen LogP) is 4.41. The molecule has 2 aromatic carbocycles. The number of benzene rings is 2. The zero-order valence-corrected chi connectivity index (χ0v) is 15.7.